The number of rotatable bonds is 8. The number of aliphatic hydroxyl groups excluding tert-OH is 1. The van der Waals surface area contributed by atoms with Gasteiger partial charge in [-0.15, -0.1) is 0 Å². The lowest BCUT2D eigenvalue weighted by Crippen LogP contribution is -2.49. The van der Waals surface area contributed by atoms with Crippen molar-refractivity contribution in [3.63, 3.8) is 0 Å². The molecule has 1 fully saturated rings. The molecule has 2 aliphatic heterocycles. The molecule has 2 aromatic rings. The summed E-state index contributed by atoms with van der Waals surface area (Å²) >= 11 is 0. The van der Waals surface area contributed by atoms with E-state index in [9.17, 15) is 27.9 Å². The summed E-state index contributed by atoms with van der Waals surface area (Å²) in [7, 11) is 0. The average molecular weight is 491 g/mol. The van der Waals surface area contributed by atoms with Gasteiger partial charge in [0.2, 0.25) is 5.91 Å². The number of nitrogens with zero attached hydrogens (tertiary/aromatic N) is 3. The van der Waals surface area contributed by atoms with Gasteiger partial charge >= 0.3 is 6.18 Å². The molecule has 4 heterocycles. The first-order valence-electron chi connectivity index (χ1n) is 11.7. The molecule has 0 radical (unpaired) electrons. The van der Waals surface area contributed by atoms with Crippen LogP contribution in [0.15, 0.2) is 47.5 Å². The summed E-state index contributed by atoms with van der Waals surface area (Å²) in [5.41, 5.74) is 1.83. The number of amides is 1. The van der Waals surface area contributed by atoms with Gasteiger partial charge in [-0.25, -0.2) is 0 Å². The number of pyridine rings is 2. The van der Waals surface area contributed by atoms with Gasteiger partial charge < -0.3 is 15.0 Å². The van der Waals surface area contributed by atoms with Crippen LogP contribution < -0.4 is 10.9 Å². The van der Waals surface area contributed by atoms with Gasteiger partial charge in [0.1, 0.15) is 0 Å². The molecule has 7 nitrogen and oxygen atoms in total. The molecule has 1 amide bonds. The Morgan fingerprint density at radius 2 is 2.00 bits per heavy atom. The second-order valence-corrected chi connectivity index (χ2v) is 9.03. The lowest BCUT2D eigenvalue weighted by atomic mass is 9.88. The Morgan fingerprint density at radius 3 is 2.66 bits per heavy atom. The first-order valence-corrected chi connectivity index (χ1v) is 11.7. The number of fused-ring (bicyclic) bond motifs is 3. The van der Waals surface area contributed by atoms with Crippen molar-refractivity contribution < 1.29 is 23.1 Å². The standard InChI is InChI=1S/C25H29F3N4O3/c1-2-3-17-4-5-20-21-18(14-32(20)24(17)35)19(15-33)22(31(21)13-9-25(26,27)28)23(34)30-12-8-16-6-10-29-11-7-16/h2-7,10-11,18-19,21-22,33H,8-9,12-15H2,1H3,(H,30,34)/b3-2-/t18-,19-,21+,22-/m1/s1. The number of hydrogen-bond donors (Lipinski definition) is 2. The molecule has 0 spiro atoms. The maximum Gasteiger partial charge on any atom is 0.390 e. The molecule has 0 unspecified atom stereocenters. The van der Waals surface area contributed by atoms with Crippen molar-refractivity contribution in [2.45, 2.75) is 44.6 Å². The molecule has 0 aliphatic carbocycles. The Kier molecular flexibility index (Phi) is 7.42. The van der Waals surface area contributed by atoms with Crippen LogP contribution in [0.3, 0.4) is 0 Å². The summed E-state index contributed by atoms with van der Waals surface area (Å²) < 4.78 is 41.2. The van der Waals surface area contributed by atoms with E-state index in [1.54, 1.807) is 48.2 Å². The van der Waals surface area contributed by atoms with Crippen molar-refractivity contribution in [3.05, 3.63) is 69.9 Å². The predicted molar refractivity (Wildman–Crippen MR) is 124 cm³/mol. The molecular weight excluding hydrogens is 461 g/mol. The highest BCUT2D eigenvalue weighted by atomic mass is 19.4. The molecule has 0 bridgehead atoms. The summed E-state index contributed by atoms with van der Waals surface area (Å²) in [5, 5.41) is 13.1. The number of carbonyl (C=O) groups is 1. The molecule has 4 atom stereocenters. The third-order valence-electron chi connectivity index (χ3n) is 6.95. The fourth-order valence-corrected chi connectivity index (χ4v) is 5.43. The predicted octanol–water partition coefficient (Wildman–Crippen LogP) is 2.55. The summed E-state index contributed by atoms with van der Waals surface area (Å²) in [6.45, 7) is 1.59. The SMILES string of the molecule is C/C=C\c1ccc2n(c1=O)C[C@@H]1[C@@H](CO)[C@H](C(=O)NCCc3ccncc3)N(CCC(F)(F)F)[C@H]21. The molecule has 2 aromatic heterocycles. The maximum absolute atomic E-state index is 13.3. The van der Waals surface area contributed by atoms with E-state index in [2.05, 4.69) is 10.3 Å². The number of hydrogen-bond acceptors (Lipinski definition) is 5. The minimum absolute atomic E-state index is 0.221. The van der Waals surface area contributed by atoms with Crippen molar-refractivity contribution in [3.8, 4) is 0 Å². The van der Waals surface area contributed by atoms with Crippen LogP contribution in [0.1, 0.15) is 36.2 Å². The molecule has 0 aromatic carbocycles. The Labute approximate surface area is 201 Å². The van der Waals surface area contributed by atoms with Gasteiger partial charge in [0.25, 0.3) is 5.56 Å². The van der Waals surface area contributed by atoms with Gasteiger partial charge in [-0.1, -0.05) is 12.2 Å². The number of aliphatic hydroxyl groups is 1. The van der Waals surface area contributed by atoms with Crippen LogP contribution >= 0.6 is 0 Å². The minimum Gasteiger partial charge on any atom is -0.396 e. The fourth-order valence-electron chi connectivity index (χ4n) is 5.43. The van der Waals surface area contributed by atoms with Crippen molar-refractivity contribution >= 4 is 12.0 Å². The molecule has 0 saturated carbocycles. The lowest BCUT2D eigenvalue weighted by molar-refractivity contribution is -0.143. The molecule has 4 rings (SSSR count). The number of carbonyl (C=O) groups excluding carboxylic acids is 1. The Hall–Kier alpha value is -2.98. The van der Waals surface area contributed by atoms with Crippen molar-refractivity contribution in [2.24, 2.45) is 11.8 Å². The summed E-state index contributed by atoms with van der Waals surface area (Å²) in [5.74, 6) is -1.36. The van der Waals surface area contributed by atoms with E-state index < -0.39 is 43.1 Å². The highest BCUT2D eigenvalue weighted by Gasteiger charge is 2.55. The maximum atomic E-state index is 13.3. The quantitative estimate of drug-likeness (QED) is 0.594. The molecule has 10 heteroatoms. The largest absolute Gasteiger partial charge is 0.396 e. The normalized spacial score (nSPS) is 24.0. The second-order valence-electron chi connectivity index (χ2n) is 9.03. The average Bonchev–Trinajstić information content (AvgIpc) is 3.34. The Bertz CT molecular complexity index is 1130. The second kappa shape index (κ2) is 10.3. The van der Waals surface area contributed by atoms with Crippen LogP contribution in [-0.4, -0.2) is 57.4 Å². The zero-order chi connectivity index (χ0) is 25.2. The third kappa shape index (κ3) is 5.18. The summed E-state index contributed by atoms with van der Waals surface area (Å²) in [6.07, 6.45) is 1.80. The molecule has 2 aliphatic rings. The van der Waals surface area contributed by atoms with E-state index in [-0.39, 0.29) is 24.6 Å². The fraction of sp³-hybridized carbons (Fsp3) is 0.480. The van der Waals surface area contributed by atoms with Crippen molar-refractivity contribution in [1.82, 2.24) is 19.8 Å². The number of likely N-dealkylation sites (tertiary alicyclic amines) is 1. The topological polar surface area (TPSA) is 87.5 Å². The van der Waals surface area contributed by atoms with Crippen LogP contribution in [0, 0.1) is 11.8 Å². The Morgan fingerprint density at radius 1 is 1.26 bits per heavy atom. The molecule has 188 valence electrons. The van der Waals surface area contributed by atoms with Gasteiger partial charge in [0, 0.05) is 61.7 Å². The molecule has 2 N–H and O–H groups in total. The third-order valence-corrected chi connectivity index (χ3v) is 6.95. The molecule has 1 saturated heterocycles. The smallest absolute Gasteiger partial charge is 0.390 e. The highest BCUT2D eigenvalue weighted by molar-refractivity contribution is 5.82. The summed E-state index contributed by atoms with van der Waals surface area (Å²) in [6, 6.07) is 5.59. The van der Waals surface area contributed by atoms with Crippen LogP contribution in [0.2, 0.25) is 0 Å². The summed E-state index contributed by atoms with van der Waals surface area (Å²) in [4.78, 5) is 31.7. The van der Waals surface area contributed by atoms with Gasteiger partial charge in [0.05, 0.1) is 18.5 Å². The number of aromatic nitrogens is 2. The van der Waals surface area contributed by atoms with E-state index >= 15 is 0 Å². The van der Waals surface area contributed by atoms with E-state index in [0.717, 1.165) is 5.56 Å². The first-order chi connectivity index (χ1) is 16.7. The lowest BCUT2D eigenvalue weighted by Gasteiger charge is -2.31. The van der Waals surface area contributed by atoms with Crippen LogP contribution in [0.4, 0.5) is 13.2 Å². The van der Waals surface area contributed by atoms with E-state index in [1.165, 1.54) is 4.90 Å². The zero-order valence-electron chi connectivity index (χ0n) is 19.4. The number of halogens is 3. The monoisotopic (exact) mass is 490 g/mol. The van der Waals surface area contributed by atoms with E-state index in [0.29, 0.717) is 24.2 Å². The van der Waals surface area contributed by atoms with Crippen LogP contribution in [0.5, 0.6) is 0 Å². The van der Waals surface area contributed by atoms with Gasteiger partial charge in [-0.05, 0) is 43.2 Å². The number of alkyl halides is 3. The Balaban J connectivity index is 1.61. The number of allylic oxidation sites excluding steroid dienone is 1. The van der Waals surface area contributed by atoms with Gasteiger partial charge in [0.15, 0.2) is 0 Å². The highest BCUT2D eigenvalue weighted by Crippen LogP contribution is 2.49. The van der Waals surface area contributed by atoms with Crippen LogP contribution in [-0.2, 0) is 17.8 Å². The zero-order valence-corrected chi connectivity index (χ0v) is 19.4. The van der Waals surface area contributed by atoms with Gasteiger partial charge in [-0.2, -0.15) is 13.2 Å². The minimum atomic E-state index is -4.40. The van der Waals surface area contributed by atoms with E-state index in [1.807, 2.05) is 12.1 Å². The van der Waals surface area contributed by atoms with Crippen molar-refractivity contribution in [1.29, 1.82) is 0 Å². The number of nitrogens with one attached hydrogen (secondary N) is 1. The van der Waals surface area contributed by atoms with Crippen molar-refractivity contribution in [2.75, 3.05) is 19.7 Å². The van der Waals surface area contributed by atoms with Crippen LogP contribution in [0.25, 0.3) is 6.08 Å². The molecule has 35 heavy (non-hydrogen) atoms. The first kappa shape index (κ1) is 25.1. The van der Waals surface area contributed by atoms with Gasteiger partial charge in [-0.3, -0.25) is 19.5 Å². The van der Waals surface area contributed by atoms with E-state index in [4.69, 9.17) is 0 Å². The molecular formula is C25H29F3N4O3.